The molecule has 18 heavy (non-hydrogen) atoms. The summed E-state index contributed by atoms with van der Waals surface area (Å²) in [5, 5.41) is 3.05. The van der Waals surface area contributed by atoms with Crippen LogP contribution in [0.2, 0.25) is 0 Å². The molecule has 1 atom stereocenters. The van der Waals surface area contributed by atoms with Gasteiger partial charge in [-0.05, 0) is 43.5 Å². The monoisotopic (exact) mass is 259 g/mol. The van der Waals surface area contributed by atoms with E-state index in [1.165, 1.54) is 0 Å². The summed E-state index contributed by atoms with van der Waals surface area (Å²) in [5.74, 6) is -3.46. The van der Waals surface area contributed by atoms with Gasteiger partial charge in [0.05, 0.1) is 0 Å². The molecule has 0 amide bonds. The Morgan fingerprint density at radius 2 is 1.72 bits per heavy atom. The number of hydrogen-bond acceptors (Lipinski definition) is 2. The molecule has 0 bridgehead atoms. The van der Waals surface area contributed by atoms with Gasteiger partial charge in [0.25, 0.3) is 0 Å². The van der Waals surface area contributed by atoms with Gasteiger partial charge in [-0.25, -0.2) is 13.2 Å². The van der Waals surface area contributed by atoms with E-state index in [1.807, 2.05) is 0 Å². The van der Waals surface area contributed by atoms with E-state index in [2.05, 4.69) is 5.32 Å². The Kier molecular flexibility index (Phi) is 4.24. The molecule has 2 rings (SSSR count). The molecular formula is C13H16F3NO. The zero-order valence-electron chi connectivity index (χ0n) is 10.2. The number of hydrogen-bond donors (Lipinski definition) is 1. The van der Waals surface area contributed by atoms with Gasteiger partial charge in [-0.3, -0.25) is 0 Å². The van der Waals surface area contributed by atoms with Gasteiger partial charge in [0.2, 0.25) is 0 Å². The molecule has 100 valence electrons. The fourth-order valence-corrected chi connectivity index (χ4v) is 2.48. The normalized spacial score (nSPS) is 18.9. The van der Waals surface area contributed by atoms with Gasteiger partial charge < -0.3 is 10.1 Å². The van der Waals surface area contributed by atoms with E-state index < -0.39 is 17.5 Å². The van der Waals surface area contributed by atoms with Gasteiger partial charge in [-0.2, -0.15) is 0 Å². The summed E-state index contributed by atoms with van der Waals surface area (Å²) in [6, 6.07) is 1.95. The summed E-state index contributed by atoms with van der Waals surface area (Å²) in [6.07, 6.45) is 1.65. The maximum atomic E-state index is 13.2. The second-order valence-corrected chi connectivity index (χ2v) is 4.51. The van der Waals surface area contributed by atoms with Crippen molar-refractivity contribution in [1.82, 2.24) is 5.32 Å². The Hall–Kier alpha value is -1.07. The molecule has 2 nitrogen and oxygen atoms in total. The smallest absolute Gasteiger partial charge is 0.194 e. The topological polar surface area (TPSA) is 21.3 Å². The van der Waals surface area contributed by atoms with Crippen LogP contribution in [-0.2, 0) is 4.74 Å². The zero-order chi connectivity index (χ0) is 13.1. The third kappa shape index (κ3) is 2.67. The highest BCUT2D eigenvalue weighted by molar-refractivity contribution is 5.23. The summed E-state index contributed by atoms with van der Waals surface area (Å²) in [5.41, 5.74) is 0.445. The molecule has 1 heterocycles. The van der Waals surface area contributed by atoms with Gasteiger partial charge in [0.1, 0.15) is 0 Å². The second kappa shape index (κ2) is 5.71. The molecular weight excluding hydrogens is 243 g/mol. The van der Waals surface area contributed by atoms with Crippen LogP contribution in [0.4, 0.5) is 13.2 Å². The first kappa shape index (κ1) is 13.4. The first-order chi connectivity index (χ1) is 8.63. The van der Waals surface area contributed by atoms with E-state index >= 15 is 0 Å². The van der Waals surface area contributed by atoms with Crippen molar-refractivity contribution >= 4 is 0 Å². The molecule has 0 saturated carbocycles. The molecule has 1 aliphatic heterocycles. The Morgan fingerprint density at radius 1 is 1.17 bits per heavy atom. The Morgan fingerprint density at radius 3 is 2.22 bits per heavy atom. The summed E-state index contributed by atoms with van der Waals surface area (Å²) in [6.45, 7) is 1.30. The van der Waals surface area contributed by atoms with Crippen LogP contribution in [0.15, 0.2) is 12.1 Å². The first-order valence-corrected chi connectivity index (χ1v) is 6.03. The molecule has 5 heteroatoms. The maximum absolute atomic E-state index is 13.2. The van der Waals surface area contributed by atoms with E-state index in [4.69, 9.17) is 4.74 Å². The molecule has 0 aliphatic carbocycles. The van der Waals surface area contributed by atoms with E-state index in [1.54, 1.807) is 7.05 Å². The van der Waals surface area contributed by atoms with E-state index in [-0.39, 0.29) is 12.0 Å². The SMILES string of the molecule is CNC(c1cc(F)c(F)c(F)c1)C1CCOCC1. The maximum Gasteiger partial charge on any atom is 0.194 e. The zero-order valence-corrected chi connectivity index (χ0v) is 10.2. The Labute approximate surface area is 104 Å². The van der Waals surface area contributed by atoms with Crippen LogP contribution in [0, 0.1) is 23.4 Å². The fraction of sp³-hybridized carbons (Fsp3) is 0.538. The van der Waals surface area contributed by atoms with Crippen LogP contribution >= 0.6 is 0 Å². The van der Waals surface area contributed by atoms with E-state index in [0.29, 0.717) is 18.8 Å². The van der Waals surface area contributed by atoms with Gasteiger partial charge in [0.15, 0.2) is 17.5 Å². The largest absolute Gasteiger partial charge is 0.381 e. The van der Waals surface area contributed by atoms with E-state index in [0.717, 1.165) is 25.0 Å². The average Bonchev–Trinajstić information content (AvgIpc) is 2.38. The summed E-state index contributed by atoms with van der Waals surface area (Å²) in [4.78, 5) is 0. The molecule has 0 radical (unpaired) electrons. The van der Waals surface area contributed by atoms with Gasteiger partial charge in [-0.15, -0.1) is 0 Å². The number of benzene rings is 1. The molecule has 1 saturated heterocycles. The first-order valence-electron chi connectivity index (χ1n) is 6.03. The lowest BCUT2D eigenvalue weighted by atomic mass is 9.87. The van der Waals surface area contributed by atoms with Crippen molar-refractivity contribution in [2.45, 2.75) is 18.9 Å². The van der Waals surface area contributed by atoms with Gasteiger partial charge >= 0.3 is 0 Å². The van der Waals surface area contributed by atoms with Crippen molar-refractivity contribution in [2.24, 2.45) is 5.92 Å². The lowest BCUT2D eigenvalue weighted by molar-refractivity contribution is 0.0545. The summed E-state index contributed by atoms with van der Waals surface area (Å²) in [7, 11) is 1.74. The fourth-order valence-electron chi connectivity index (χ4n) is 2.48. The highest BCUT2D eigenvalue weighted by Crippen LogP contribution is 2.31. The number of halogens is 3. The Balaban J connectivity index is 2.26. The van der Waals surface area contributed by atoms with Gasteiger partial charge in [-0.1, -0.05) is 0 Å². The van der Waals surface area contributed by atoms with Crippen molar-refractivity contribution in [3.8, 4) is 0 Å². The molecule has 0 spiro atoms. The van der Waals surface area contributed by atoms with Crippen LogP contribution in [0.25, 0.3) is 0 Å². The highest BCUT2D eigenvalue weighted by atomic mass is 19.2. The van der Waals surface area contributed by atoms with Crippen LogP contribution in [0.1, 0.15) is 24.4 Å². The van der Waals surface area contributed by atoms with Crippen molar-refractivity contribution in [3.05, 3.63) is 35.1 Å². The minimum Gasteiger partial charge on any atom is -0.381 e. The lowest BCUT2D eigenvalue weighted by Crippen LogP contribution is -2.30. The molecule has 1 aromatic carbocycles. The van der Waals surface area contributed by atoms with Gasteiger partial charge in [0, 0.05) is 19.3 Å². The molecule has 0 aromatic heterocycles. The second-order valence-electron chi connectivity index (χ2n) is 4.51. The van der Waals surface area contributed by atoms with Crippen molar-refractivity contribution in [3.63, 3.8) is 0 Å². The van der Waals surface area contributed by atoms with E-state index in [9.17, 15) is 13.2 Å². The van der Waals surface area contributed by atoms with Crippen LogP contribution < -0.4 is 5.32 Å². The van der Waals surface area contributed by atoms with Crippen LogP contribution in [-0.4, -0.2) is 20.3 Å². The lowest BCUT2D eigenvalue weighted by Gasteiger charge is -2.30. The third-order valence-electron chi connectivity index (χ3n) is 3.41. The average molecular weight is 259 g/mol. The molecule has 1 aromatic rings. The van der Waals surface area contributed by atoms with Crippen LogP contribution in [0.3, 0.4) is 0 Å². The quantitative estimate of drug-likeness (QED) is 0.843. The minimum atomic E-state index is -1.42. The number of ether oxygens (including phenoxy) is 1. The minimum absolute atomic E-state index is 0.182. The predicted molar refractivity (Wildman–Crippen MR) is 61.7 cm³/mol. The summed E-state index contributed by atoms with van der Waals surface area (Å²) < 4.78 is 44.7. The number of nitrogens with one attached hydrogen (secondary N) is 1. The molecule has 1 fully saturated rings. The number of rotatable bonds is 3. The molecule has 1 unspecified atom stereocenters. The van der Waals surface area contributed by atoms with Crippen molar-refractivity contribution in [1.29, 1.82) is 0 Å². The highest BCUT2D eigenvalue weighted by Gasteiger charge is 2.26. The predicted octanol–water partition coefficient (Wildman–Crippen LogP) is 2.79. The summed E-state index contributed by atoms with van der Waals surface area (Å²) >= 11 is 0. The standard InChI is InChI=1S/C13H16F3NO/c1-17-13(8-2-4-18-5-3-8)9-6-10(14)12(16)11(15)7-9/h6-8,13,17H,2-5H2,1H3. The van der Waals surface area contributed by atoms with Crippen molar-refractivity contribution < 1.29 is 17.9 Å². The van der Waals surface area contributed by atoms with Crippen molar-refractivity contribution in [2.75, 3.05) is 20.3 Å². The Bertz CT molecular complexity index is 396. The third-order valence-corrected chi connectivity index (χ3v) is 3.41. The molecule has 1 N–H and O–H groups in total. The molecule has 1 aliphatic rings. The van der Waals surface area contributed by atoms with Crippen LogP contribution in [0.5, 0.6) is 0 Å².